The van der Waals surface area contributed by atoms with Crippen LogP contribution in [0, 0.1) is 5.92 Å². The molecule has 0 amide bonds. The fourth-order valence-electron chi connectivity index (χ4n) is 2.40. The summed E-state index contributed by atoms with van der Waals surface area (Å²) in [5.41, 5.74) is 7.22. The van der Waals surface area contributed by atoms with Crippen molar-refractivity contribution < 1.29 is 4.74 Å². The molecule has 2 N–H and O–H groups in total. The van der Waals surface area contributed by atoms with Crippen LogP contribution >= 0.6 is 23.2 Å². The van der Waals surface area contributed by atoms with Crippen LogP contribution in [0.15, 0.2) is 12.1 Å². The molecule has 0 bridgehead atoms. The minimum absolute atomic E-state index is 0.411. The van der Waals surface area contributed by atoms with Gasteiger partial charge in [0.25, 0.3) is 0 Å². The Balaban J connectivity index is 2.31. The number of nitrogens with two attached hydrogens (primary N) is 1. The topological polar surface area (TPSA) is 38.5 Å². The first kappa shape index (κ1) is 14.8. The van der Waals surface area contributed by atoms with Gasteiger partial charge in [0.2, 0.25) is 0 Å². The Hall–Kier alpha value is -0.640. The largest absolute Gasteiger partial charge is 0.399 e. The highest BCUT2D eigenvalue weighted by Gasteiger charge is 2.33. The lowest BCUT2D eigenvalue weighted by Gasteiger charge is -2.33. The number of ether oxygens (including phenoxy) is 1. The lowest BCUT2D eigenvalue weighted by molar-refractivity contribution is 0.202. The molecule has 0 radical (unpaired) electrons. The van der Waals surface area contributed by atoms with Crippen molar-refractivity contribution in [2.75, 3.05) is 30.9 Å². The molecule has 1 aliphatic rings. The van der Waals surface area contributed by atoms with E-state index in [0.717, 1.165) is 18.2 Å². The predicted molar refractivity (Wildman–Crippen MR) is 82.3 cm³/mol. The summed E-state index contributed by atoms with van der Waals surface area (Å²) in [6, 6.07) is 3.92. The Morgan fingerprint density at radius 1 is 1.37 bits per heavy atom. The van der Waals surface area contributed by atoms with Gasteiger partial charge in [0.15, 0.2) is 0 Å². The number of benzene rings is 1. The van der Waals surface area contributed by atoms with Gasteiger partial charge in [-0.2, -0.15) is 0 Å². The van der Waals surface area contributed by atoms with E-state index >= 15 is 0 Å². The molecule has 1 aromatic rings. The van der Waals surface area contributed by atoms with Crippen molar-refractivity contribution >= 4 is 34.6 Å². The van der Waals surface area contributed by atoms with Crippen LogP contribution in [0.2, 0.25) is 10.0 Å². The van der Waals surface area contributed by atoms with Crippen molar-refractivity contribution in [3.63, 3.8) is 0 Å². The summed E-state index contributed by atoms with van der Waals surface area (Å²) in [6.07, 6.45) is 2.55. The zero-order valence-electron chi connectivity index (χ0n) is 11.3. The first-order chi connectivity index (χ1) is 9.04. The minimum Gasteiger partial charge on any atom is -0.399 e. The molecule has 106 valence electrons. The molecule has 1 unspecified atom stereocenters. The van der Waals surface area contributed by atoms with E-state index in [1.54, 1.807) is 19.2 Å². The maximum absolute atomic E-state index is 6.33. The van der Waals surface area contributed by atoms with Crippen LogP contribution in [-0.4, -0.2) is 26.3 Å². The third-order valence-corrected chi connectivity index (χ3v) is 4.23. The van der Waals surface area contributed by atoms with Gasteiger partial charge in [-0.05, 0) is 37.8 Å². The molecule has 5 heteroatoms. The number of methoxy groups -OCH3 is 1. The molecule has 2 rings (SSSR count). The number of anilines is 2. The van der Waals surface area contributed by atoms with Gasteiger partial charge in [-0.15, -0.1) is 0 Å². The molecular weight excluding hydrogens is 283 g/mol. The van der Waals surface area contributed by atoms with Crippen molar-refractivity contribution in [2.45, 2.75) is 25.8 Å². The standard InChI is InChI=1S/C14H20Cl2N2O/c1-9(10-3-4-10)18(5-6-19-2)14-12(15)7-11(17)8-13(14)16/h7-10H,3-6,17H2,1-2H3. The molecule has 0 saturated heterocycles. The van der Waals surface area contributed by atoms with Gasteiger partial charge in [-0.1, -0.05) is 23.2 Å². The summed E-state index contributed by atoms with van der Waals surface area (Å²) in [7, 11) is 1.70. The smallest absolute Gasteiger partial charge is 0.0749 e. The van der Waals surface area contributed by atoms with Gasteiger partial charge >= 0.3 is 0 Å². The van der Waals surface area contributed by atoms with E-state index in [-0.39, 0.29) is 0 Å². The summed E-state index contributed by atoms with van der Waals surface area (Å²) in [5.74, 6) is 0.724. The number of rotatable bonds is 6. The highest BCUT2D eigenvalue weighted by atomic mass is 35.5. The van der Waals surface area contributed by atoms with E-state index < -0.39 is 0 Å². The van der Waals surface area contributed by atoms with Crippen LogP contribution in [0.1, 0.15) is 19.8 Å². The van der Waals surface area contributed by atoms with E-state index in [1.165, 1.54) is 12.8 Å². The minimum atomic E-state index is 0.411. The van der Waals surface area contributed by atoms with Crippen molar-refractivity contribution in [1.29, 1.82) is 0 Å². The number of halogens is 2. The van der Waals surface area contributed by atoms with E-state index in [9.17, 15) is 0 Å². The third kappa shape index (κ3) is 3.47. The number of nitrogen functional groups attached to an aromatic ring is 1. The molecule has 1 aliphatic carbocycles. The normalized spacial score (nSPS) is 16.4. The molecule has 1 atom stereocenters. The number of hydrogen-bond donors (Lipinski definition) is 1. The second-order valence-corrected chi connectivity index (χ2v) is 5.91. The van der Waals surface area contributed by atoms with Gasteiger partial charge in [-0.3, -0.25) is 0 Å². The Morgan fingerprint density at radius 3 is 2.42 bits per heavy atom. The highest BCUT2D eigenvalue weighted by Crippen LogP contribution is 2.42. The lowest BCUT2D eigenvalue weighted by Crippen LogP contribution is -2.37. The molecule has 1 fully saturated rings. The predicted octanol–water partition coefficient (Wildman–Crippen LogP) is 3.83. The maximum atomic E-state index is 6.33. The SMILES string of the molecule is COCCN(c1c(Cl)cc(N)cc1Cl)C(C)C1CC1. The van der Waals surface area contributed by atoms with Crippen molar-refractivity contribution in [2.24, 2.45) is 5.92 Å². The maximum Gasteiger partial charge on any atom is 0.0749 e. The van der Waals surface area contributed by atoms with Crippen LogP contribution in [0.5, 0.6) is 0 Å². The van der Waals surface area contributed by atoms with Crippen LogP contribution in [0.3, 0.4) is 0 Å². The Labute approximate surface area is 124 Å². The van der Waals surface area contributed by atoms with Crippen LogP contribution in [0.4, 0.5) is 11.4 Å². The summed E-state index contributed by atoms with van der Waals surface area (Å²) >= 11 is 12.7. The van der Waals surface area contributed by atoms with Gasteiger partial charge in [0.1, 0.15) is 0 Å². The lowest BCUT2D eigenvalue weighted by atomic mass is 10.1. The van der Waals surface area contributed by atoms with Crippen molar-refractivity contribution in [3.05, 3.63) is 22.2 Å². The fraction of sp³-hybridized carbons (Fsp3) is 0.571. The first-order valence-electron chi connectivity index (χ1n) is 6.54. The molecule has 1 saturated carbocycles. The molecular formula is C14H20Cl2N2O. The molecule has 0 aromatic heterocycles. The Kier molecular flexibility index (Phi) is 4.82. The molecule has 1 aromatic carbocycles. The zero-order chi connectivity index (χ0) is 14.0. The van der Waals surface area contributed by atoms with E-state index in [1.807, 2.05) is 0 Å². The van der Waals surface area contributed by atoms with Crippen molar-refractivity contribution in [1.82, 2.24) is 0 Å². The zero-order valence-corrected chi connectivity index (χ0v) is 12.8. The highest BCUT2D eigenvalue weighted by molar-refractivity contribution is 6.39. The van der Waals surface area contributed by atoms with Crippen LogP contribution < -0.4 is 10.6 Å². The third-order valence-electron chi connectivity index (χ3n) is 3.66. The van der Waals surface area contributed by atoms with E-state index in [4.69, 9.17) is 33.7 Å². The second-order valence-electron chi connectivity index (χ2n) is 5.10. The quantitative estimate of drug-likeness (QED) is 0.812. The number of hydrogen-bond acceptors (Lipinski definition) is 3. The monoisotopic (exact) mass is 302 g/mol. The summed E-state index contributed by atoms with van der Waals surface area (Å²) in [5, 5.41) is 1.21. The number of nitrogens with zero attached hydrogens (tertiary/aromatic N) is 1. The second kappa shape index (κ2) is 6.21. The van der Waals surface area contributed by atoms with Gasteiger partial charge < -0.3 is 15.4 Å². The van der Waals surface area contributed by atoms with E-state index in [0.29, 0.717) is 28.4 Å². The van der Waals surface area contributed by atoms with Gasteiger partial charge in [-0.25, -0.2) is 0 Å². The molecule has 19 heavy (non-hydrogen) atoms. The summed E-state index contributed by atoms with van der Waals surface area (Å²) in [6.45, 7) is 3.64. The molecule has 0 aliphatic heterocycles. The first-order valence-corrected chi connectivity index (χ1v) is 7.30. The van der Waals surface area contributed by atoms with Gasteiger partial charge in [0.05, 0.1) is 22.3 Å². The van der Waals surface area contributed by atoms with Crippen molar-refractivity contribution in [3.8, 4) is 0 Å². The van der Waals surface area contributed by atoms with Crippen LogP contribution in [0.25, 0.3) is 0 Å². The molecule has 3 nitrogen and oxygen atoms in total. The Morgan fingerprint density at radius 2 is 1.95 bits per heavy atom. The Bertz CT molecular complexity index is 426. The fourth-order valence-corrected chi connectivity index (χ4v) is 3.12. The summed E-state index contributed by atoms with van der Waals surface area (Å²) < 4.78 is 5.20. The van der Waals surface area contributed by atoms with E-state index in [2.05, 4.69) is 11.8 Å². The van der Waals surface area contributed by atoms with Crippen LogP contribution in [-0.2, 0) is 4.74 Å². The molecule has 0 spiro atoms. The van der Waals surface area contributed by atoms with Gasteiger partial charge in [0, 0.05) is 25.4 Å². The summed E-state index contributed by atoms with van der Waals surface area (Å²) in [4.78, 5) is 2.24. The average molecular weight is 303 g/mol. The average Bonchev–Trinajstić information content (AvgIpc) is 3.15. The molecule has 0 heterocycles.